The lowest BCUT2D eigenvalue weighted by molar-refractivity contribution is 0.0500. The Hall–Kier alpha value is -3.65. The van der Waals surface area contributed by atoms with Crippen LogP contribution in [0, 0.1) is 6.92 Å². The number of hydrogen-bond donors (Lipinski definition) is 2. The molecule has 0 saturated heterocycles. The lowest BCUT2D eigenvalue weighted by Crippen LogP contribution is -2.31. The van der Waals surface area contributed by atoms with Crippen molar-refractivity contribution in [3.05, 3.63) is 85.0 Å². The van der Waals surface area contributed by atoms with Crippen LogP contribution in [0.2, 0.25) is 5.02 Å². The van der Waals surface area contributed by atoms with Crippen molar-refractivity contribution in [1.29, 1.82) is 0 Å². The maximum atomic E-state index is 12.3. The molecule has 2 N–H and O–H groups in total. The SMILES string of the molecule is CCCCOC(=O)c1cc(N=Cc2c(O)n(-c3ccccc3C)c(=O)[nH]c2=O)ccc1Cl. The molecule has 0 aliphatic carbocycles. The van der Waals surface area contributed by atoms with E-state index in [4.69, 9.17) is 16.3 Å². The zero-order valence-corrected chi connectivity index (χ0v) is 18.3. The van der Waals surface area contributed by atoms with Gasteiger partial charge in [0, 0.05) is 6.21 Å². The molecule has 9 heteroatoms. The lowest BCUT2D eigenvalue weighted by atomic mass is 10.2. The second kappa shape index (κ2) is 10.1. The summed E-state index contributed by atoms with van der Waals surface area (Å²) in [5.41, 5.74) is -0.190. The van der Waals surface area contributed by atoms with Crippen LogP contribution < -0.4 is 11.2 Å². The van der Waals surface area contributed by atoms with Crippen LogP contribution in [-0.2, 0) is 4.74 Å². The van der Waals surface area contributed by atoms with Crippen LogP contribution in [0.4, 0.5) is 5.69 Å². The largest absolute Gasteiger partial charge is 0.493 e. The van der Waals surface area contributed by atoms with Gasteiger partial charge >= 0.3 is 11.7 Å². The molecule has 0 fully saturated rings. The van der Waals surface area contributed by atoms with Gasteiger partial charge in [0.25, 0.3) is 5.56 Å². The van der Waals surface area contributed by atoms with Crippen molar-refractivity contribution in [1.82, 2.24) is 9.55 Å². The highest BCUT2D eigenvalue weighted by Crippen LogP contribution is 2.24. The lowest BCUT2D eigenvalue weighted by Gasteiger charge is -2.11. The first kappa shape index (κ1) is 23.0. The molecule has 32 heavy (non-hydrogen) atoms. The number of H-pyrrole nitrogens is 1. The number of aromatic hydroxyl groups is 1. The molecular formula is C23H22ClN3O5. The number of benzene rings is 2. The standard InChI is InChI=1S/C23H22ClN3O5/c1-3-4-11-32-22(30)16-12-15(9-10-18(16)24)25-13-17-20(28)26-23(31)27(21(17)29)19-8-6-5-7-14(19)2/h5-10,12-13,29H,3-4,11H2,1-2H3,(H,26,28,31). The minimum atomic E-state index is -0.797. The van der Waals surface area contributed by atoms with Crippen LogP contribution in [0.5, 0.6) is 5.88 Å². The number of rotatable bonds is 7. The van der Waals surface area contributed by atoms with E-state index in [0.29, 0.717) is 11.4 Å². The number of ether oxygens (including phenoxy) is 1. The first-order chi connectivity index (χ1) is 15.3. The van der Waals surface area contributed by atoms with Gasteiger partial charge in [0.05, 0.1) is 28.6 Å². The summed E-state index contributed by atoms with van der Waals surface area (Å²) >= 11 is 6.11. The molecule has 166 valence electrons. The molecule has 0 amide bonds. The Morgan fingerprint density at radius 2 is 2.00 bits per heavy atom. The van der Waals surface area contributed by atoms with Gasteiger partial charge in [0.2, 0.25) is 5.88 Å². The summed E-state index contributed by atoms with van der Waals surface area (Å²) in [4.78, 5) is 43.3. The average molecular weight is 456 g/mol. The van der Waals surface area contributed by atoms with Gasteiger partial charge in [-0.1, -0.05) is 43.1 Å². The third-order valence-corrected chi connectivity index (χ3v) is 5.05. The van der Waals surface area contributed by atoms with Crippen molar-refractivity contribution in [2.45, 2.75) is 26.7 Å². The van der Waals surface area contributed by atoms with Crippen LogP contribution in [0.3, 0.4) is 0 Å². The molecule has 3 aromatic rings. The molecule has 0 atom stereocenters. The molecule has 0 saturated carbocycles. The topological polar surface area (TPSA) is 114 Å². The molecular weight excluding hydrogens is 434 g/mol. The van der Waals surface area contributed by atoms with Crippen molar-refractivity contribution in [2.24, 2.45) is 4.99 Å². The Labute approximate surface area is 188 Å². The fourth-order valence-electron chi connectivity index (χ4n) is 2.97. The first-order valence-electron chi connectivity index (χ1n) is 9.98. The van der Waals surface area contributed by atoms with Gasteiger partial charge in [-0.15, -0.1) is 0 Å². The number of hydrogen-bond acceptors (Lipinski definition) is 6. The van der Waals surface area contributed by atoms with E-state index >= 15 is 0 Å². The van der Waals surface area contributed by atoms with Crippen molar-refractivity contribution in [2.75, 3.05) is 6.61 Å². The summed E-state index contributed by atoms with van der Waals surface area (Å²) in [7, 11) is 0. The second-order valence-electron chi connectivity index (χ2n) is 7.03. The molecule has 3 rings (SSSR count). The molecule has 1 heterocycles. The van der Waals surface area contributed by atoms with E-state index in [0.717, 1.165) is 29.2 Å². The number of esters is 1. The second-order valence-corrected chi connectivity index (χ2v) is 7.44. The van der Waals surface area contributed by atoms with E-state index in [2.05, 4.69) is 9.98 Å². The Bertz CT molecular complexity index is 1290. The Kier molecular flexibility index (Phi) is 7.27. The highest BCUT2D eigenvalue weighted by atomic mass is 35.5. The number of nitrogens with one attached hydrogen (secondary N) is 1. The zero-order valence-electron chi connectivity index (χ0n) is 17.6. The van der Waals surface area contributed by atoms with E-state index < -0.39 is 23.1 Å². The summed E-state index contributed by atoms with van der Waals surface area (Å²) in [6, 6.07) is 11.4. The minimum absolute atomic E-state index is 0.139. The van der Waals surface area contributed by atoms with Gasteiger partial charge in [-0.25, -0.2) is 14.2 Å². The van der Waals surface area contributed by atoms with Crippen molar-refractivity contribution in [3.8, 4) is 11.6 Å². The quantitative estimate of drug-likeness (QED) is 0.318. The summed E-state index contributed by atoms with van der Waals surface area (Å²) < 4.78 is 6.18. The summed E-state index contributed by atoms with van der Waals surface area (Å²) in [5, 5.41) is 10.9. The molecule has 0 bridgehead atoms. The van der Waals surface area contributed by atoms with Crippen molar-refractivity contribution < 1.29 is 14.6 Å². The number of para-hydroxylation sites is 1. The van der Waals surface area contributed by atoms with Gasteiger partial charge in [-0.05, 0) is 43.2 Å². The van der Waals surface area contributed by atoms with E-state index in [1.165, 1.54) is 12.1 Å². The van der Waals surface area contributed by atoms with Crippen molar-refractivity contribution >= 4 is 29.5 Å². The number of aromatic nitrogens is 2. The molecule has 1 aromatic heterocycles. The molecule has 0 aliphatic heterocycles. The van der Waals surface area contributed by atoms with Gasteiger partial charge in [0.15, 0.2) is 0 Å². The third kappa shape index (κ3) is 4.97. The third-order valence-electron chi connectivity index (χ3n) is 4.72. The molecule has 8 nitrogen and oxygen atoms in total. The number of aliphatic imine (C=N–C) groups is 1. The smallest absolute Gasteiger partial charge is 0.339 e. The van der Waals surface area contributed by atoms with E-state index in [9.17, 15) is 19.5 Å². The number of unbranched alkanes of at least 4 members (excludes halogenated alkanes) is 1. The first-order valence-corrected chi connectivity index (χ1v) is 10.4. The summed E-state index contributed by atoms with van der Waals surface area (Å²) in [6.07, 6.45) is 2.74. The Morgan fingerprint density at radius 1 is 1.25 bits per heavy atom. The number of aromatic amines is 1. The number of halogens is 1. The van der Waals surface area contributed by atoms with Crippen LogP contribution in [0.1, 0.15) is 41.3 Å². The number of nitrogens with zero attached hydrogens (tertiary/aromatic N) is 2. The number of carbonyl (C=O) groups is 1. The van der Waals surface area contributed by atoms with Crippen LogP contribution in [0.15, 0.2) is 57.0 Å². The monoisotopic (exact) mass is 455 g/mol. The van der Waals surface area contributed by atoms with E-state index in [1.807, 2.05) is 6.92 Å². The maximum absolute atomic E-state index is 12.3. The minimum Gasteiger partial charge on any atom is -0.493 e. The molecule has 0 aliphatic rings. The van der Waals surface area contributed by atoms with Gasteiger partial charge in [-0.3, -0.25) is 14.8 Å². The normalized spacial score (nSPS) is 11.1. The predicted molar refractivity (Wildman–Crippen MR) is 123 cm³/mol. The van der Waals surface area contributed by atoms with Crippen LogP contribution >= 0.6 is 11.6 Å². The van der Waals surface area contributed by atoms with Gasteiger partial charge < -0.3 is 9.84 Å². The molecule has 0 radical (unpaired) electrons. The highest BCUT2D eigenvalue weighted by Gasteiger charge is 2.16. The zero-order chi connectivity index (χ0) is 23.3. The molecule has 2 aromatic carbocycles. The number of aryl methyl sites for hydroxylation is 1. The Balaban J connectivity index is 1.99. The van der Waals surface area contributed by atoms with Gasteiger partial charge in [0.1, 0.15) is 5.56 Å². The van der Waals surface area contributed by atoms with E-state index in [-0.39, 0.29) is 22.8 Å². The van der Waals surface area contributed by atoms with Crippen LogP contribution in [0.25, 0.3) is 5.69 Å². The fraction of sp³-hybridized carbons (Fsp3) is 0.217. The van der Waals surface area contributed by atoms with Crippen LogP contribution in [-0.4, -0.2) is 33.4 Å². The fourth-order valence-corrected chi connectivity index (χ4v) is 3.16. The Morgan fingerprint density at radius 3 is 2.72 bits per heavy atom. The molecule has 0 unspecified atom stereocenters. The summed E-state index contributed by atoms with van der Waals surface area (Å²) in [6.45, 7) is 4.03. The van der Waals surface area contributed by atoms with Crippen molar-refractivity contribution in [3.63, 3.8) is 0 Å². The predicted octanol–water partition coefficient (Wildman–Crippen LogP) is 3.90. The molecule has 0 spiro atoms. The maximum Gasteiger partial charge on any atom is 0.339 e. The summed E-state index contributed by atoms with van der Waals surface area (Å²) in [5.74, 6) is -1.13. The van der Waals surface area contributed by atoms with E-state index in [1.54, 1.807) is 37.3 Å². The highest BCUT2D eigenvalue weighted by molar-refractivity contribution is 6.33. The number of carbonyl (C=O) groups excluding carboxylic acids is 1. The van der Waals surface area contributed by atoms with Gasteiger partial charge in [-0.2, -0.15) is 0 Å². The average Bonchev–Trinajstić information content (AvgIpc) is 2.75.